The molecule has 5 nitrogen and oxygen atoms in total. The van der Waals surface area contributed by atoms with E-state index in [1.54, 1.807) is 6.08 Å². The zero-order valence-electron chi connectivity index (χ0n) is 11.5. The topological polar surface area (TPSA) is 72.5 Å². The van der Waals surface area contributed by atoms with E-state index in [2.05, 4.69) is 10.1 Å². The third-order valence-electron chi connectivity index (χ3n) is 2.63. The van der Waals surface area contributed by atoms with Crippen LogP contribution in [0.15, 0.2) is 36.4 Å². The summed E-state index contributed by atoms with van der Waals surface area (Å²) < 4.78 is 4.48. The van der Waals surface area contributed by atoms with Crippen LogP contribution in [0.2, 0.25) is 0 Å². The molecule has 0 saturated carbocycles. The number of carbonyl (C=O) groups excluding carboxylic acids is 3. The summed E-state index contributed by atoms with van der Waals surface area (Å²) in [6.07, 6.45) is 2.78. The van der Waals surface area contributed by atoms with Gasteiger partial charge in [-0.2, -0.15) is 0 Å². The van der Waals surface area contributed by atoms with Crippen LogP contribution in [-0.4, -0.2) is 30.8 Å². The molecule has 20 heavy (non-hydrogen) atoms. The van der Waals surface area contributed by atoms with E-state index in [-0.39, 0.29) is 12.2 Å². The van der Waals surface area contributed by atoms with Gasteiger partial charge in [-0.15, -0.1) is 0 Å². The molecule has 0 aliphatic carbocycles. The van der Waals surface area contributed by atoms with Gasteiger partial charge in [-0.25, -0.2) is 0 Å². The summed E-state index contributed by atoms with van der Waals surface area (Å²) in [5, 5.41) is 2.48. The molecule has 0 fully saturated rings. The summed E-state index contributed by atoms with van der Waals surface area (Å²) in [5.74, 6) is -1.27. The lowest BCUT2D eigenvalue weighted by molar-refractivity contribution is -0.142. The predicted octanol–water partition coefficient (Wildman–Crippen LogP) is 1.34. The highest BCUT2D eigenvalue weighted by atomic mass is 16.5. The zero-order valence-corrected chi connectivity index (χ0v) is 11.5. The summed E-state index contributed by atoms with van der Waals surface area (Å²) in [4.78, 5) is 34.2. The predicted molar refractivity (Wildman–Crippen MR) is 74.7 cm³/mol. The second-order valence-electron chi connectivity index (χ2n) is 4.20. The summed E-state index contributed by atoms with van der Waals surface area (Å²) >= 11 is 0. The standard InChI is InChI=1S/C15H17NO4/c1-11(17)13(10-15(19)20-2)16-14(18)9-8-12-6-4-3-5-7-12/h3-9,13H,10H2,1-2H3,(H,16,18). The van der Waals surface area contributed by atoms with Crippen LogP contribution < -0.4 is 5.32 Å². The molecule has 0 spiro atoms. The van der Waals surface area contributed by atoms with Gasteiger partial charge >= 0.3 is 5.97 Å². The molecule has 1 aromatic rings. The number of esters is 1. The highest BCUT2D eigenvalue weighted by molar-refractivity contribution is 5.96. The minimum atomic E-state index is -0.865. The van der Waals surface area contributed by atoms with Gasteiger partial charge in [0.2, 0.25) is 5.91 Å². The van der Waals surface area contributed by atoms with Gasteiger partial charge in [0, 0.05) is 6.08 Å². The van der Waals surface area contributed by atoms with Crippen molar-refractivity contribution in [3.63, 3.8) is 0 Å². The maximum atomic E-state index is 11.7. The van der Waals surface area contributed by atoms with Gasteiger partial charge in [-0.1, -0.05) is 30.3 Å². The molecule has 0 aliphatic rings. The van der Waals surface area contributed by atoms with E-state index in [1.807, 2.05) is 30.3 Å². The highest BCUT2D eigenvalue weighted by Crippen LogP contribution is 2.01. The van der Waals surface area contributed by atoms with Crippen LogP contribution in [0.4, 0.5) is 0 Å². The summed E-state index contributed by atoms with van der Waals surface area (Å²) in [5.41, 5.74) is 0.870. The normalized spacial score (nSPS) is 11.9. The van der Waals surface area contributed by atoms with E-state index in [4.69, 9.17) is 0 Å². The summed E-state index contributed by atoms with van der Waals surface area (Å²) in [6.45, 7) is 1.31. The van der Waals surface area contributed by atoms with Gasteiger partial charge in [-0.3, -0.25) is 14.4 Å². The number of carbonyl (C=O) groups is 3. The van der Waals surface area contributed by atoms with Crippen LogP contribution in [0, 0.1) is 0 Å². The fourth-order valence-electron chi connectivity index (χ4n) is 1.50. The number of amides is 1. The zero-order chi connectivity index (χ0) is 15.0. The molecule has 1 amide bonds. The molecular weight excluding hydrogens is 258 g/mol. The quantitative estimate of drug-likeness (QED) is 0.628. The number of Topliss-reactive ketones (excluding diaryl/α,β-unsaturated/α-hetero) is 1. The maximum Gasteiger partial charge on any atom is 0.308 e. The molecule has 0 aromatic heterocycles. The highest BCUT2D eigenvalue weighted by Gasteiger charge is 2.19. The van der Waals surface area contributed by atoms with Crippen LogP contribution in [-0.2, 0) is 19.1 Å². The SMILES string of the molecule is COC(=O)CC(NC(=O)C=Cc1ccccc1)C(C)=O. The number of hydrogen-bond acceptors (Lipinski definition) is 4. The first-order chi connectivity index (χ1) is 9.52. The van der Waals surface area contributed by atoms with Crippen LogP contribution >= 0.6 is 0 Å². The molecule has 1 aromatic carbocycles. The smallest absolute Gasteiger partial charge is 0.308 e. The number of methoxy groups -OCH3 is 1. The molecule has 0 radical (unpaired) electrons. The van der Waals surface area contributed by atoms with E-state index in [0.29, 0.717) is 0 Å². The van der Waals surface area contributed by atoms with Gasteiger partial charge in [0.15, 0.2) is 5.78 Å². The fraction of sp³-hybridized carbons (Fsp3) is 0.267. The molecule has 0 saturated heterocycles. The van der Waals surface area contributed by atoms with Crippen molar-refractivity contribution in [3.05, 3.63) is 42.0 Å². The summed E-state index contributed by atoms with van der Waals surface area (Å²) in [7, 11) is 1.23. The Morgan fingerprint density at radius 3 is 2.45 bits per heavy atom. The monoisotopic (exact) mass is 275 g/mol. The van der Waals surface area contributed by atoms with Crippen LogP contribution in [0.1, 0.15) is 18.9 Å². The molecule has 1 atom stereocenters. The van der Waals surface area contributed by atoms with Crippen LogP contribution in [0.3, 0.4) is 0 Å². The minimum absolute atomic E-state index is 0.170. The molecule has 1 N–H and O–H groups in total. The number of hydrogen-bond donors (Lipinski definition) is 1. The molecular formula is C15H17NO4. The number of ketones is 1. The van der Waals surface area contributed by atoms with Gasteiger partial charge in [-0.05, 0) is 18.6 Å². The van der Waals surface area contributed by atoms with E-state index in [9.17, 15) is 14.4 Å². The van der Waals surface area contributed by atoms with Gasteiger partial charge in [0.1, 0.15) is 0 Å². The minimum Gasteiger partial charge on any atom is -0.469 e. The van der Waals surface area contributed by atoms with Crippen molar-refractivity contribution in [3.8, 4) is 0 Å². The second-order valence-corrected chi connectivity index (χ2v) is 4.20. The molecule has 0 aliphatic heterocycles. The lowest BCUT2D eigenvalue weighted by Gasteiger charge is -2.13. The lowest BCUT2D eigenvalue weighted by atomic mass is 10.1. The number of ether oxygens (including phenoxy) is 1. The first-order valence-corrected chi connectivity index (χ1v) is 6.14. The second kappa shape index (κ2) is 7.89. The third kappa shape index (κ3) is 5.48. The Morgan fingerprint density at radius 1 is 1.25 bits per heavy atom. The summed E-state index contributed by atoms with van der Waals surface area (Å²) in [6, 6.07) is 8.41. The van der Waals surface area contributed by atoms with Gasteiger partial charge in [0.05, 0.1) is 19.6 Å². The van der Waals surface area contributed by atoms with Crippen LogP contribution in [0.5, 0.6) is 0 Å². The average molecular weight is 275 g/mol. The average Bonchev–Trinajstić information content (AvgIpc) is 2.45. The fourth-order valence-corrected chi connectivity index (χ4v) is 1.50. The first-order valence-electron chi connectivity index (χ1n) is 6.14. The Bertz CT molecular complexity index is 508. The van der Waals surface area contributed by atoms with Crippen LogP contribution in [0.25, 0.3) is 6.08 Å². The van der Waals surface area contributed by atoms with Crippen molar-refractivity contribution in [1.29, 1.82) is 0 Å². The maximum absolute atomic E-state index is 11.7. The lowest BCUT2D eigenvalue weighted by Crippen LogP contribution is -2.40. The Hall–Kier alpha value is -2.43. The number of rotatable bonds is 6. The van der Waals surface area contributed by atoms with Crippen molar-refractivity contribution in [2.24, 2.45) is 0 Å². The Labute approximate surface area is 117 Å². The van der Waals surface area contributed by atoms with Gasteiger partial charge < -0.3 is 10.1 Å². The van der Waals surface area contributed by atoms with Crippen molar-refractivity contribution < 1.29 is 19.1 Å². The largest absolute Gasteiger partial charge is 0.469 e. The first kappa shape index (κ1) is 15.6. The van der Waals surface area contributed by atoms with Crippen molar-refractivity contribution >= 4 is 23.7 Å². The number of nitrogens with one attached hydrogen (secondary N) is 1. The van der Waals surface area contributed by atoms with Crippen molar-refractivity contribution in [2.45, 2.75) is 19.4 Å². The Balaban J connectivity index is 2.60. The van der Waals surface area contributed by atoms with Crippen molar-refractivity contribution in [1.82, 2.24) is 5.32 Å². The third-order valence-corrected chi connectivity index (χ3v) is 2.63. The van der Waals surface area contributed by atoms with E-state index in [0.717, 1.165) is 5.56 Å². The molecule has 5 heteroatoms. The van der Waals surface area contributed by atoms with E-state index in [1.165, 1.54) is 20.1 Å². The molecule has 0 bridgehead atoms. The van der Waals surface area contributed by atoms with Crippen molar-refractivity contribution in [2.75, 3.05) is 7.11 Å². The Morgan fingerprint density at radius 2 is 1.90 bits per heavy atom. The molecule has 1 rings (SSSR count). The molecule has 0 heterocycles. The van der Waals surface area contributed by atoms with E-state index < -0.39 is 17.9 Å². The molecule has 1 unspecified atom stereocenters. The Kier molecular flexibility index (Phi) is 6.16. The van der Waals surface area contributed by atoms with E-state index >= 15 is 0 Å². The van der Waals surface area contributed by atoms with Gasteiger partial charge in [0.25, 0.3) is 0 Å². The number of benzene rings is 1. The molecule has 106 valence electrons.